The van der Waals surface area contributed by atoms with Crippen LogP contribution in [0, 0.1) is 10.1 Å². The molecule has 9 nitrogen and oxygen atoms in total. The number of benzene rings is 1. The van der Waals surface area contributed by atoms with Gasteiger partial charge in [0.1, 0.15) is 5.69 Å². The third-order valence-electron chi connectivity index (χ3n) is 6.05. The first-order valence-electron chi connectivity index (χ1n) is 10.5. The first-order valence-corrected chi connectivity index (χ1v) is 11.9. The number of hydrogen-bond acceptors (Lipinski definition) is 6. The highest BCUT2D eigenvalue weighted by Gasteiger charge is 2.30. The molecule has 2 saturated heterocycles. The zero-order chi connectivity index (χ0) is 21.1. The monoisotopic (exact) mass is 433 g/mol. The number of aromatic nitrogens is 2. The second-order valence-electron chi connectivity index (χ2n) is 7.93. The van der Waals surface area contributed by atoms with Gasteiger partial charge in [-0.15, -0.1) is 0 Å². The van der Waals surface area contributed by atoms with E-state index in [0.717, 1.165) is 38.5 Å². The average Bonchev–Trinajstić information content (AvgIpc) is 3.15. The predicted octanol–water partition coefficient (Wildman–Crippen LogP) is 3.20. The standard InChI is InChI=1S/C20H27N5O4S/c26-25(27)20-16-18(30(28,29)23-11-3-1-2-4-12-23)6-7-19(20)22-14-8-17(9-15-22)24-13-5-10-21-24/h5-7,10,13,16-17H,1-4,8-9,11-12,14-15H2. The van der Waals surface area contributed by atoms with E-state index in [4.69, 9.17) is 0 Å². The molecule has 0 radical (unpaired) electrons. The van der Waals surface area contributed by atoms with Gasteiger partial charge in [0.25, 0.3) is 5.69 Å². The molecule has 2 aromatic rings. The van der Waals surface area contributed by atoms with E-state index >= 15 is 0 Å². The zero-order valence-corrected chi connectivity index (χ0v) is 17.7. The quantitative estimate of drug-likeness (QED) is 0.530. The molecule has 0 saturated carbocycles. The van der Waals surface area contributed by atoms with Gasteiger partial charge in [0.15, 0.2) is 0 Å². The molecule has 0 atom stereocenters. The molecule has 30 heavy (non-hydrogen) atoms. The highest BCUT2D eigenvalue weighted by Crippen LogP contribution is 2.35. The van der Waals surface area contributed by atoms with Gasteiger partial charge in [-0.25, -0.2) is 8.42 Å². The van der Waals surface area contributed by atoms with Crippen LogP contribution in [0.5, 0.6) is 0 Å². The van der Waals surface area contributed by atoms with Gasteiger partial charge in [-0.2, -0.15) is 9.40 Å². The Morgan fingerprint density at radius 2 is 1.73 bits per heavy atom. The summed E-state index contributed by atoms with van der Waals surface area (Å²) in [5, 5.41) is 16.1. The Morgan fingerprint density at radius 1 is 1.03 bits per heavy atom. The second kappa shape index (κ2) is 8.73. The van der Waals surface area contributed by atoms with Crippen LogP contribution in [-0.4, -0.2) is 53.6 Å². The van der Waals surface area contributed by atoms with Gasteiger partial charge in [0, 0.05) is 44.6 Å². The number of anilines is 1. The molecule has 3 heterocycles. The molecule has 10 heteroatoms. The summed E-state index contributed by atoms with van der Waals surface area (Å²) >= 11 is 0. The number of rotatable bonds is 5. The van der Waals surface area contributed by atoms with Gasteiger partial charge in [0.05, 0.1) is 15.9 Å². The maximum atomic E-state index is 13.1. The molecular weight excluding hydrogens is 406 g/mol. The summed E-state index contributed by atoms with van der Waals surface area (Å²) in [4.78, 5) is 13.3. The maximum absolute atomic E-state index is 13.1. The Morgan fingerprint density at radius 3 is 2.33 bits per heavy atom. The lowest BCUT2D eigenvalue weighted by Gasteiger charge is -2.33. The van der Waals surface area contributed by atoms with Crippen molar-refractivity contribution in [3.8, 4) is 0 Å². The van der Waals surface area contributed by atoms with Gasteiger partial charge in [0.2, 0.25) is 10.0 Å². The van der Waals surface area contributed by atoms with Crippen LogP contribution in [0.3, 0.4) is 0 Å². The molecule has 4 rings (SSSR count). The fourth-order valence-corrected chi connectivity index (χ4v) is 5.91. The van der Waals surface area contributed by atoms with Gasteiger partial charge >= 0.3 is 0 Å². The Bertz CT molecular complexity index is 977. The molecule has 0 bridgehead atoms. The summed E-state index contributed by atoms with van der Waals surface area (Å²) in [6.07, 6.45) is 9.01. The SMILES string of the molecule is O=[N+]([O-])c1cc(S(=O)(=O)N2CCCCCC2)ccc1N1CCC(n2cccn2)CC1. The second-order valence-corrected chi connectivity index (χ2v) is 9.87. The molecule has 1 aromatic carbocycles. The molecule has 0 spiro atoms. The van der Waals surface area contributed by atoms with E-state index in [-0.39, 0.29) is 16.6 Å². The largest absolute Gasteiger partial charge is 0.366 e. The number of hydrogen-bond donors (Lipinski definition) is 0. The van der Waals surface area contributed by atoms with E-state index in [1.54, 1.807) is 12.3 Å². The average molecular weight is 434 g/mol. The van der Waals surface area contributed by atoms with Crippen LogP contribution in [0.4, 0.5) is 11.4 Å². The summed E-state index contributed by atoms with van der Waals surface area (Å²) in [6, 6.07) is 6.51. The van der Waals surface area contributed by atoms with E-state index in [1.807, 2.05) is 21.8 Å². The van der Waals surface area contributed by atoms with Crippen molar-refractivity contribution in [3.05, 3.63) is 46.8 Å². The Labute approximate surface area is 176 Å². The minimum absolute atomic E-state index is 0.00581. The smallest absolute Gasteiger partial charge is 0.293 e. The molecule has 2 aliphatic rings. The first-order chi connectivity index (χ1) is 14.5. The highest BCUT2D eigenvalue weighted by molar-refractivity contribution is 7.89. The van der Waals surface area contributed by atoms with E-state index < -0.39 is 14.9 Å². The van der Waals surface area contributed by atoms with Crippen molar-refractivity contribution in [3.63, 3.8) is 0 Å². The van der Waals surface area contributed by atoms with Crippen molar-refractivity contribution in [1.82, 2.24) is 14.1 Å². The van der Waals surface area contributed by atoms with Crippen molar-refractivity contribution in [2.75, 3.05) is 31.1 Å². The van der Waals surface area contributed by atoms with Gasteiger partial charge in [-0.1, -0.05) is 12.8 Å². The van der Waals surface area contributed by atoms with E-state index in [9.17, 15) is 18.5 Å². The van der Waals surface area contributed by atoms with Crippen molar-refractivity contribution in [2.45, 2.75) is 49.5 Å². The zero-order valence-electron chi connectivity index (χ0n) is 16.9. The lowest BCUT2D eigenvalue weighted by molar-refractivity contribution is -0.384. The van der Waals surface area contributed by atoms with Gasteiger partial charge in [-0.3, -0.25) is 14.8 Å². The molecule has 0 amide bonds. The van der Waals surface area contributed by atoms with E-state index in [0.29, 0.717) is 31.9 Å². The Kier molecular flexibility index (Phi) is 6.05. The summed E-state index contributed by atoms with van der Waals surface area (Å²) < 4.78 is 29.5. The maximum Gasteiger partial charge on any atom is 0.293 e. The van der Waals surface area contributed by atoms with Crippen LogP contribution in [0.2, 0.25) is 0 Å². The molecule has 2 aliphatic heterocycles. The number of sulfonamides is 1. The molecular formula is C20H27N5O4S. The summed E-state index contributed by atoms with van der Waals surface area (Å²) in [5.41, 5.74) is 0.331. The summed E-state index contributed by atoms with van der Waals surface area (Å²) in [7, 11) is -3.73. The molecule has 162 valence electrons. The first kappa shape index (κ1) is 20.8. The van der Waals surface area contributed by atoms with Crippen LogP contribution in [-0.2, 0) is 10.0 Å². The Hall–Kier alpha value is -2.46. The van der Waals surface area contributed by atoms with Crippen LogP contribution < -0.4 is 4.90 Å². The lowest BCUT2D eigenvalue weighted by atomic mass is 10.0. The predicted molar refractivity (Wildman–Crippen MR) is 113 cm³/mol. The molecule has 0 N–H and O–H groups in total. The highest BCUT2D eigenvalue weighted by atomic mass is 32.2. The van der Waals surface area contributed by atoms with Crippen molar-refractivity contribution < 1.29 is 13.3 Å². The van der Waals surface area contributed by atoms with Crippen molar-refractivity contribution in [1.29, 1.82) is 0 Å². The number of piperidine rings is 1. The normalized spacial score (nSPS) is 19.5. The van der Waals surface area contributed by atoms with Crippen LogP contribution in [0.1, 0.15) is 44.6 Å². The minimum Gasteiger partial charge on any atom is -0.366 e. The topological polar surface area (TPSA) is 102 Å². The van der Waals surface area contributed by atoms with Crippen molar-refractivity contribution in [2.24, 2.45) is 0 Å². The lowest BCUT2D eigenvalue weighted by Crippen LogP contribution is -2.35. The fourth-order valence-electron chi connectivity index (χ4n) is 4.38. The van der Waals surface area contributed by atoms with Crippen LogP contribution in [0.25, 0.3) is 0 Å². The van der Waals surface area contributed by atoms with E-state index in [2.05, 4.69) is 5.10 Å². The molecule has 2 fully saturated rings. The number of nitro groups is 1. The molecule has 0 aliphatic carbocycles. The van der Waals surface area contributed by atoms with Gasteiger partial charge < -0.3 is 4.90 Å². The number of nitro benzene ring substituents is 1. The summed E-state index contributed by atoms with van der Waals surface area (Å²) in [6.45, 7) is 2.25. The van der Waals surface area contributed by atoms with Crippen LogP contribution in [0.15, 0.2) is 41.6 Å². The number of nitrogens with zero attached hydrogens (tertiary/aromatic N) is 5. The van der Waals surface area contributed by atoms with Crippen molar-refractivity contribution >= 4 is 21.4 Å². The van der Waals surface area contributed by atoms with Gasteiger partial charge in [-0.05, 0) is 43.9 Å². The van der Waals surface area contributed by atoms with E-state index in [1.165, 1.54) is 16.4 Å². The molecule has 0 unspecified atom stereocenters. The minimum atomic E-state index is -3.73. The third-order valence-corrected chi connectivity index (χ3v) is 7.95. The summed E-state index contributed by atoms with van der Waals surface area (Å²) in [5.74, 6) is 0. The molecule has 1 aromatic heterocycles. The Balaban J connectivity index is 1.56. The third kappa shape index (κ3) is 4.20. The fraction of sp³-hybridized carbons (Fsp3) is 0.550. The van der Waals surface area contributed by atoms with Crippen LogP contribution >= 0.6 is 0 Å².